The molecular weight excluding hydrogens is 288 g/mol. The van der Waals surface area contributed by atoms with Crippen molar-refractivity contribution in [1.29, 1.82) is 0 Å². The van der Waals surface area contributed by atoms with Crippen LogP contribution in [0.5, 0.6) is 0 Å². The number of benzene rings is 1. The molecule has 0 aliphatic rings. The van der Waals surface area contributed by atoms with E-state index in [4.69, 9.17) is 4.42 Å². The molecule has 0 radical (unpaired) electrons. The molecule has 0 atom stereocenters. The molecule has 5 heteroatoms. The molecule has 1 aromatic carbocycles. The topological polar surface area (TPSA) is 48.8 Å². The van der Waals surface area contributed by atoms with Gasteiger partial charge in [-0.05, 0) is 23.8 Å². The second-order valence-corrected chi connectivity index (χ2v) is 5.49. The molecule has 23 heavy (non-hydrogen) atoms. The molecule has 0 unspecified atom stereocenters. The number of rotatable bonds is 4. The highest BCUT2D eigenvalue weighted by molar-refractivity contribution is 5.70. The summed E-state index contributed by atoms with van der Waals surface area (Å²) in [5.74, 6) is 0. The molecule has 0 aliphatic carbocycles. The summed E-state index contributed by atoms with van der Waals surface area (Å²) in [6, 6.07) is 12.3. The summed E-state index contributed by atoms with van der Waals surface area (Å²) in [5, 5.41) is 4.67. The van der Waals surface area contributed by atoms with Crippen LogP contribution in [0, 0.1) is 0 Å². The molecular formula is C18H16N4O. The first-order chi connectivity index (χ1) is 11.3. The van der Waals surface area contributed by atoms with Crippen LogP contribution in [0.4, 0.5) is 0 Å². The van der Waals surface area contributed by atoms with Crippen LogP contribution in [0.3, 0.4) is 0 Å². The molecule has 4 aromatic rings. The van der Waals surface area contributed by atoms with E-state index in [9.17, 15) is 0 Å². The van der Waals surface area contributed by atoms with Gasteiger partial charge in [-0.2, -0.15) is 5.10 Å². The Balaban J connectivity index is 1.62. The van der Waals surface area contributed by atoms with Crippen molar-refractivity contribution in [2.75, 3.05) is 0 Å². The minimum atomic E-state index is 0.706. The minimum Gasteiger partial charge on any atom is -0.472 e. The fraction of sp³-hybridized carbons (Fsp3) is 0.111. The van der Waals surface area contributed by atoms with Gasteiger partial charge in [-0.1, -0.05) is 18.2 Å². The van der Waals surface area contributed by atoms with Crippen LogP contribution in [0.2, 0.25) is 0 Å². The third kappa shape index (κ3) is 2.68. The lowest BCUT2D eigenvalue weighted by Crippen LogP contribution is -2.04. The lowest BCUT2D eigenvalue weighted by Gasteiger charge is -2.03. The van der Waals surface area contributed by atoms with Gasteiger partial charge in [0.05, 0.1) is 43.0 Å². The molecule has 0 bridgehead atoms. The second kappa shape index (κ2) is 5.61. The second-order valence-electron chi connectivity index (χ2n) is 5.49. The molecule has 3 aromatic heterocycles. The lowest BCUT2D eigenvalue weighted by molar-refractivity contribution is 0.568. The van der Waals surface area contributed by atoms with E-state index in [0.29, 0.717) is 6.54 Å². The zero-order valence-electron chi connectivity index (χ0n) is 12.8. The first kappa shape index (κ1) is 13.6. The quantitative estimate of drug-likeness (QED) is 0.579. The van der Waals surface area contributed by atoms with Gasteiger partial charge in [-0.25, -0.2) is 4.98 Å². The predicted octanol–water partition coefficient (Wildman–Crippen LogP) is 3.59. The van der Waals surface area contributed by atoms with Crippen LogP contribution in [0.25, 0.3) is 22.4 Å². The summed E-state index contributed by atoms with van der Waals surface area (Å²) >= 11 is 0. The maximum Gasteiger partial charge on any atom is 0.0980 e. The normalized spacial score (nSPS) is 11.0. The fourth-order valence-electron chi connectivity index (χ4n) is 2.59. The maximum atomic E-state index is 5.16. The maximum absolute atomic E-state index is 5.16. The number of aromatic nitrogens is 4. The molecule has 114 valence electrons. The highest BCUT2D eigenvalue weighted by atomic mass is 16.3. The van der Waals surface area contributed by atoms with Gasteiger partial charge in [0.2, 0.25) is 0 Å². The molecule has 0 aliphatic heterocycles. The Bertz CT molecular complexity index is 918. The third-order valence-electron chi connectivity index (χ3n) is 3.89. The van der Waals surface area contributed by atoms with E-state index in [-0.39, 0.29) is 0 Å². The van der Waals surface area contributed by atoms with Gasteiger partial charge in [0.25, 0.3) is 0 Å². The molecule has 0 N–H and O–H groups in total. The van der Waals surface area contributed by atoms with Crippen molar-refractivity contribution in [2.24, 2.45) is 7.05 Å². The Morgan fingerprint density at radius 2 is 2.00 bits per heavy atom. The summed E-state index contributed by atoms with van der Waals surface area (Å²) in [6.07, 6.45) is 9.09. The van der Waals surface area contributed by atoms with E-state index >= 15 is 0 Å². The number of nitrogens with zero attached hydrogens (tertiary/aromatic N) is 4. The summed E-state index contributed by atoms with van der Waals surface area (Å²) in [6.45, 7) is 0.706. The van der Waals surface area contributed by atoms with Crippen LogP contribution < -0.4 is 0 Å². The molecule has 3 heterocycles. The number of furan rings is 1. The Labute approximate surface area is 133 Å². The van der Waals surface area contributed by atoms with Crippen molar-refractivity contribution >= 4 is 0 Å². The molecule has 5 nitrogen and oxygen atoms in total. The van der Waals surface area contributed by atoms with E-state index < -0.39 is 0 Å². The molecule has 0 spiro atoms. The lowest BCUT2D eigenvalue weighted by atomic mass is 10.0. The molecule has 0 amide bonds. The van der Waals surface area contributed by atoms with Crippen molar-refractivity contribution in [2.45, 2.75) is 6.54 Å². The van der Waals surface area contributed by atoms with E-state index in [0.717, 1.165) is 28.1 Å². The first-order valence-electron chi connectivity index (χ1n) is 7.41. The van der Waals surface area contributed by atoms with Gasteiger partial charge in [-0.15, -0.1) is 0 Å². The standard InChI is InChI=1S/C18H16N4O/c1-21-13-19-10-17(21)11-22-7-5-18(20-22)15-4-2-3-14(9-15)16-6-8-23-12-16/h2-10,12-13H,11H2,1H3. The minimum absolute atomic E-state index is 0.706. The predicted molar refractivity (Wildman–Crippen MR) is 87.7 cm³/mol. The van der Waals surface area contributed by atoms with Gasteiger partial charge >= 0.3 is 0 Å². The van der Waals surface area contributed by atoms with Crippen LogP contribution in [0.1, 0.15) is 5.69 Å². The number of hydrogen-bond acceptors (Lipinski definition) is 3. The fourth-order valence-corrected chi connectivity index (χ4v) is 2.59. The van der Waals surface area contributed by atoms with Gasteiger partial charge in [0.15, 0.2) is 0 Å². The zero-order valence-corrected chi connectivity index (χ0v) is 12.8. The van der Waals surface area contributed by atoms with Crippen molar-refractivity contribution in [3.63, 3.8) is 0 Å². The van der Waals surface area contributed by atoms with E-state index in [1.165, 1.54) is 0 Å². The van der Waals surface area contributed by atoms with Gasteiger partial charge < -0.3 is 8.98 Å². The Morgan fingerprint density at radius 3 is 2.78 bits per heavy atom. The van der Waals surface area contributed by atoms with Crippen LogP contribution in [-0.2, 0) is 13.6 Å². The SMILES string of the molecule is Cn1cncc1Cn1ccc(-c2cccc(-c3ccoc3)c2)n1. The highest BCUT2D eigenvalue weighted by Crippen LogP contribution is 2.25. The molecule has 0 saturated carbocycles. The molecule has 0 fully saturated rings. The van der Waals surface area contributed by atoms with Crippen LogP contribution in [-0.4, -0.2) is 19.3 Å². The van der Waals surface area contributed by atoms with E-state index in [1.54, 1.807) is 18.9 Å². The first-order valence-corrected chi connectivity index (χ1v) is 7.41. The Morgan fingerprint density at radius 1 is 1.09 bits per heavy atom. The zero-order chi connectivity index (χ0) is 15.6. The Hall–Kier alpha value is -3.08. The smallest absolute Gasteiger partial charge is 0.0980 e. The summed E-state index contributed by atoms with van der Waals surface area (Å²) in [4.78, 5) is 4.14. The average molecular weight is 304 g/mol. The number of hydrogen-bond donors (Lipinski definition) is 0. The van der Waals surface area contributed by atoms with Crippen molar-refractivity contribution in [1.82, 2.24) is 19.3 Å². The average Bonchev–Trinajstić information content (AvgIpc) is 3.31. The van der Waals surface area contributed by atoms with Crippen molar-refractivity contribution < 1.29 is 4.42 Å². The monoisotopic (exact) mass is 304 g/mol. The Kier molecular flexibility index (Phi) is 3.31. The summed E-state index contributed by atoms with van der Waals surface area (Å²) in [7, 11) is 1.99. The largest absolute Gasteiger partial charge is 0.472 e. The van der Waals surface area contributed by atoms with Gasteiger partial charge in [0, 0.05) is 24.4 Å². The van der Waals surface area contributed by atoms with Gasteiger partial charge in [-0.3, -0.25) is 4.68 Å². The van der Waals surface area contributed by atoms with Crippen LogP contribution >= 0.6 is 0 Å². The highest BCUT2D eigenvalue weighted by Gasteiger charge is 2.07. The number of imidazole rings is 1. The number of aryl methyl sites for hydroxylation is 1. The van der Waals surface area contributed by atoms with Crippen LogP contribution in [0.15, 0.2) is 72.1 Å². The molecule has 0 saturated heterocycles. The van der Waals surface area contributed by atoms with Gasteiger partial charge in [0.1, 0.15) is 0 Å². The summed E-state index contributed by atoms with van der Waals surface area (Å²) < 4.78 is 9.09. The summed E-state index contributed by atoms with van der Waals surface area (Å²) in [5.41, 5.74) is 5.36. The van der Waals surface area contributed by atoms with Crippen molar-refractivity contribution in [3.05, 3.63) is 73.3 Å². The van der Waals surface area contributed by atoms with E-state index in [1.807, 2.05) is 46.9 Å². The molecule has 4 rings (SSSR count). The third-order valence-corrected chi connectivity index (χ3v) is 3.89. The van der Waals surface area contributed by atoms with E-state index in [2.05, 4.69) is 28.3 Å². The van der Waals surface area contributed by atoms with Crippen molar-refractivity contribution in [3.8, 4) is 22.4 Å².